The second kappa shape index (κ2) is 6.72. The van der Waals surface area contributed by atoms with Crippen molar-refractivity contribution >= 4 is 21.8 Å². The number of nitrogens with one attached hydrogen (secondary N) is 1. The van der Waals surface area contributed by atoms with Gasteiger partial charge in [0.15, 0.2) is 0 Å². The van der Waals surface area contributed by atoms with Gasteiger partial charge in [0.25, 0.3) is 5.91 Å². The molecule has 19 heavy (non-hydrogen) atoms. The highest BCUT2D eigenvalue weighted by molar-refractivity contribution is 9.09. The molecule has 2 rings (SSSR count). The van der Waals surface area contributed by atoms with Gasteiger partial charge < -0.3 is 5.32 Å². The smallest absolute Gasteiger partial charge is 0.251 e. The first kappa shape index (κ1) is 14.1. The molecule has 1 aliphatic carbocycles. The SMILES string of the molecule is N#Cc1ccc(C(=O)NC2CCC(CBr)CC2)cc1. The summed E-state index contributed by atoms with van der Waals surface area (Å²) in [6.07, 6.45) is 4.45. The summed E-state index contributed by atoms with van der Waals surface area (Å²) in [6.45, 7) is 0. The Bertz CT molecular complexity index is 470. The van der Waals surface area contributed by atoms with Crippen molar-refractivity contribution in [2.24, 2.45) is 5.92 Å². The number of hydrogen-bond acceptors (Lipinski definition) is 2. The fourth-order valence-corrected chi connectivity index (χ4v) is 3.07. The average molecular weight is 321 g/mol. The summed E-state index contributed by atoms with van der Waals surface area (Å²) in [7, 11) is 0. The molecule has 0 aliphatic heterocycles. The van der Waals surface area contributed by atoms with Gasteiger partial charge in [0.05, 0.1) is 11.6 Å². The van der Waals surface area contributed by atoms with Crippen LogP contribution in [-0.2, 0) is 0 Å². The van der Waals surface area contributed by atoms with Crippen LogP contribution in [0, 0.1) is 17.2 Å². The van der Waals surface area contributed by atoms with Crippen molar-refractivity contribution in [3.05, 3.63) is 35.4 Å². The van der Waals surface area contributed by atoms with Crippen molar-refractivity contribution in [1.82, 2.24) is 5.32 Å². The highest BCUT2D eigenvalue weighted by Crippen LogP contribution is 2.25. The summed E-state index contributed by atoms with van der Waals surface area (Å²) >= 11 is 3.52. The van der Waals surface area contributed by atoms with Gasteiger partial charge in [0.2, 0.25) is 0 Å². The summed E-state index contributed by atoms with van der Waals surface area (Å²) in [5.41, 5.74) is 1.20. The summed E-state index contributed by atoms with van der Waals surface area (Å²) < 4.78 is 0. The number of nitrogens with zero attached hydrogens (tertiary/aromatic N) is 1. The largest absolute Gasteiger partial charge is 0.349 e. The minimum absolute atomic E-state index is 0.0354. The molecule has 100 valence electrons. The first-order valence-electron chi connectivity index (χ1n) is 6.60. The van der Waals surface area contributed by atoms with E-state index in [0.29, 0.717) is 17.2 Å². The van der Waals surface area contributed by atoms with Crippen LogP contribution in [0.5, 0.6) is 0 Å². The Balaban J connectivity index is 1.89. The van der Waals surface area contributed by atoms with Crippen LogP contribution in [0.3, 0.4) is 0 Å². The fourth-order valence-electron chi connectivity index (χ4n) is 2.43. The molecule has 1 amide bonds. The van der Waals surface area contributed by atoms with E-state index in [-0.39, 0.29) is 5.91 Å². The van der Waals surface area contributed by atoms with Crippen molar-refractivity contribution in [1.29, 1.82) is 5.26 Å². The monoisotopic (exact) mass is 320 g/mol. The number of carbonyl (C=O) groups is 1. The molecule has 1 aliphatic rings. The summed E-state index contributed by atoms with van der Waals surface area (Å²) in [6, 6.07) is 9.11. The molecule has 0 bridgehead atoms. The van der Waals surface area contributed by atoms with E-state index in [4.69, 9.17) is 5.26 Å². The molecule has 1 N–H and O–H groups in total. The number of rotatable bonds is 3. The molecule has 0 saturated heterocycles. The van der Waals surface area contributed by atoms with E-state index in [9.17, 15) is 4.79 Å². The average Bonchev–Trinajstić information content (AvgIpc) is 2.48. The van der Waals surface area contributed by atoms with Gasteiger partial charge in [-0.25, -0.2) is 0 Å². The van der Waals surface area contributed by atoms with E-state index in [1.165, 1.54) is 12.8 Å². The second-order valence-electron chi connectivity index (χ2n) is 5.03. The van der Waals surface area contributed by atoms with Crippen LogP contribution >= 0.6 is 15.9 Å². The van der Waals surface area contributed by atoms with Crippen LogP contribution in [-0.4, -0.2) is 17.3 Å². The highest BCUT2D eigenvalue weighted by Gasteiger charge is 2.21. The van der Waals surface area contributed by atoms with E-state index < -0.39 is 0 Å². The van der Waals surface area contributed by atoms with Crippen LogP contribution in [0.25, 0.3) is 0 Å². The van der Waals surface area contributed by atoms with Crippen LogP contribution in [0.4, 0.5) is 0 Å². The van der Waals surface area contributed by atoms with E-state index in [1.807, 2.05) is 6.07 Å². The lowest BCUT2D eigenvalue weighted by atomic mass is 9.87. The molecule has 1 aromatic rings. The van der Waals surface area contributed by atoms with Crippen molar-refractivity contribution < 1.29 is 4.79 Å². The molecule has 3 nitrogen and oxygen atoms in total. The van der Waals surface area contributed by atoms with Gasteiger partial charge in [-0.3, -0.25) is 4.79 Å². The predicted octanol–water partition coefficient (Wildman–Crippen LogP) is 3.24. The molecule has 1 saturated carbocycles. The molecular formula is C15H17BrN2O. The maximum atomic E-state index is 12.1. The maximum Gasteiger partial charge on any atom is 0.251 e. The van der Waals surface area contributed by atoms with E-state index in [1.54, 1.807) is 24.3 Å². The lowest BCUT2D eigenvalue weighted by Crippen LogP contribution is -2.37. The van der Waals surface area contributed by atoms with Crippen LogP contribution in [0.1, 0.15) is 41.6 Å². The lowest BCUT2D eigenvalue weighted by molar-refractivity contribution is 0.0923. The number of amides is 1. The van der Waals surface area contributed by atoms with Crippen molar-refractivity contribution in [3.63, 3.8) is 0 Å². The first-order chi connectivity index (χ1) is 9.22. The van der Waals surface area contributed by atoms with Gasteiger partial charge in [0.1, 0.15) is 0 Å². The summed E-state index contributed by atoms with van der Waals surface area (Å²) in [5, 5.41) is 12.9. The Hall–Kier alpha value is -1.34. The molecule has 0 aromatic heterocycles. The minimum Gasteiger partial charge on any atom is -0.349 e. The fraction of sp³-hybridized carbons (Fsp3) is 0.467. The Morgan fingerprint density at radius 1 is 1.26 bits per heavy atom. The Morgan fingerprint density at radius 3 is 2.42 bits per heavy atom. The van der Waals surface area contributed by atoms with Gasteiger partial charge in [-0.15, -0.1) is 0 Å². The number of nitriles is 1. The number of benzene rings is 1. The van der Waals surface area contributed by atoms with E-state index in [0.717, 1.165) is 24.1 Å². The maximum absolute atomic E-state index is 12.1. The zero-order valence-corrected chi connectivity index (χ0v) is 12.3. The quantitative estimate of drug-likeness (QED) is 0.869. The van der Waals surface area contributed by atoms with E-state index in [2.05, 4.69) is 21.2 Å². The topological polar surface area (TPSA) is 52.9 Å². The molecule has 1 aromatic carbocycles. The molecule has 0 spiro atoms. The number of hydrogen-bond donors (Lipinski definition) is 1. The molecule has 0 radical (unpaired) electrons. The zero-order valence-electron chi connectivity index (χ0n) is 10.7. The first-order valence-corrected chi connectivity index (χ1v) is 7.72. The van der Waals surface area contributed by atoms with E-state index >= 15 is 0 Å². The minimum atomic E-state index is -0.0354. The second-order valence-corrected chi connectivity index (χ2v) is 5.68. The van der Waals surface area contributed by atoms with Crippen molar-refractivity contribution in [2.45, 2.75) is 31.7 Å². The lowest BCUT2D eigenvalue weighted by Gasteiger charge is -2.28. The standard InChI is InChI=1S/C15H17BrN2O/c16-9-11-3-7-14(8-4-11)18-15(19)13-5-1-12(10-17)2-6-13/h1-2,5-6,11,14H,3-4,7-9H2,(H,18,19). The Labute approximate surface area is 122 Å². The number of alkyl halides is 1. The predicted molar refractivity (Wildman–Crippen MR) is 78.2 cm³/mol. The van der Waals surface area contributed by atoms with Crippen LogP contribution in [0.15, 0.2) is 24.3 Å². The van der Waals surface area contributed by atoms with Gasteiger partial charge in [-0.2, -0.15) is 5.26 Å². The third-order valence-corrected chi connectivity index (χ3v) is 4.59. The highest BCUT2D eigenvalue weighted by atomic mass is 79.9. The van der Waals surface area contributed by atoms with Crippen molar-refractivity contribution in [2.75, 3.05) is 5.33 Å². The van der Waals surface area contributed by atoms with Gasteiger partial charge in [-0.05, 0) is 55.9 Å². The Kier molecular flexibility index (Phi) is 4.98. The zero-order chi connectivity index (χ0) is 13.7. The molecular weight excluding hydrogens is 304 g/mol. The normalized spacial score (nSPS) is 22.5. The van der Waals surface area contributed by atoms with Crippen molar-refractivity contribution in [3.8, 4) is 6.07 Å². The van der Waals surface area contributed by atoms with Gasteiger partial charge in [-0.1, -0.05) is 15.9 Å². The number of halogens is 1. The third kappa shape index (κ3) is 3.81. The number of carbonyl (C=O) groups excluding carboxylic acids is 1. The van der Waals surface area contributed by atoms with Crippen LogP contribution < -0.4 is 5.32 Å². The molecule has 0 unspecified atom stereocenters. The molecule has 1 fully saturated rings. The summed E-state index contributed by atoms with van der Waals surface area (Å²) in [5.74, 6) is 0.717. The van der Waals surface area contributed by atoms with Gasteiger partial charge in [0, 0.05) is 16.9 Å². The van der Waals surface area contributed by atoms with Crippen LogP contribution in [0.2, 0.25) is 0 Å². The third-order valence-electron chi connectivity index (χ3n) is 3.68. The molecule has 0 atom stereocenters. The molecule has 4 heteroatoms. The summed E-state index contributed by atoms with van der Waals surface area (Å²) in [4.78, 5) is 12.1. The molecule has 0 heterocycles. The Morgan fingerprint density at radius 2 is 1.89 bits per heavy atom. The van der Waals surface area contributed by atoms with Gasteiger partial charge >= 0.3 is 0 Å².